The molecule has 0 aliphatic carbocycles. The molecule has 1 heterocycles. The highest BCUT2D eigenvalue weighted by Gasteiger charge is 2.46. The van der Waals surface area contributed by atoms with Crippen LogP contribution in [-0.4, -0.2) is 56.8 Å². The van der Waals surface area contributed by atoms with E-state index in [1.807, 2.05) is 0 Å². The molecule has 4 atom stereocenters. The normalized spacial score (nSPS) is 34.7. The van der Waals surface area contributed by atoms with Gasteiger partial charge in [0.2, 0.25) is 0 Å². The lowest BCUT2D eigenvalue weighted by atomic mass is 10.1. The van der Waals surface area contributed by atoms with E-state index >= 15 is 0 Å². The Bertz CT molecular complexity index is 274. The zero-order valence-electron chi connectivity index (χ0n) is 12.1. The van der Waals surface area contributed by atoms with Gasteiger partial charge in [0, 0.05) is 7.11 Å². The summed E-state index contributed by atoms with van der Waals surface area (Å²) in [5.41, 5.74) is 0. The topological polar surface area (TPSA) is 68.2 Å². The second-order valence-electron chi connectivity index (χ2n) is 6.34. The summed E-state index contributed by atoms with van der Waals surface area (Å²) in [5, 5.41) is 19.7. The molecule has 5 nitrogen and oxygen atoms in total. The van der Waals surface area contributed by atoms with Crippen LogP contribution in [0.3, 0.4) is 0 Å². The van der Waals surface area contributed by atoms with Crippen LogP contribution in [0.4, 0.5) is 0 Å². The molecule has 0 aromatic rings. The zero-order valence-corrected chi connectivity index (χ0v) is 13.1. The third kappa shape index (κ3) is 3.31. The average Bonchev–Trinajstić information content (AvgIpc) is 2.23. The smallest absolute Gasteiger partial charge is 0.192 e. The fourth-order valence-corrected chi connectivity index (χ4v) is 2.90. The van der Waals surface area contributed by atoms with E-state index in [1.165, 1.54) is 7.11 Å². The Morgan fingerprint density at radius 3 is 2.22 bits per heavy atom. The number of aliphatic hydroxyl groups is 2. The summed E-state index contributed by atoms with van der Waals surface area (Å²) >= 11 is 0. The van der Waals surface area contributed by atoms with Crippen molar-refractivity contribution < 1.29 is 24.1 Å². The fraction of sp³-hybridized carbons (Fsp3) is 1.00. The Hall–Kier alpha value is 0.0169. The highest BCUT2D eigenvalue weighted by atomic mass is 28.4. The molecule has 1 rings (SSSR count). The van der Waals surface area contributed by atoms with E-state index in [1.54, 1.807) is 0 Å². The summed E-state index contributed by atoms with van der Waals surface area (Å²) in [6, 6.07) is 0. The predicted molar refractivity (Wildman–Crippen MR) is 70.8 cm³/mol. The minimum atomic E-state index is -2.05. The van der Waals surface area contributed by atoms with Crippen molar-refractivity contribution in [2.75, 3.05) is 13.7 Å². The lowest BCUT2D eigenvalue weighted by Gasteiger charge is -2.45. The summed E-state index contributed by atoms with van der Waals surface area (Å²) in [6.45, 7) is 10.6. The Morgan fingerprint density at radius 2 is 1.78 bits per heavy atom. The van der Waals surface area contributed by atoms with E-state index in [9.17, 15) is 10.2 Å². The van der Waals surface area contributed by atoms with Crippen molar-refractivity contribution in [1.29, 1.82) is 0 Å². The van der Waals surface area contributed by atoms with Crippen LogP contribution in [0.5, 0.6) is 0 Å². The summed E-state index contributed by atoms with van der Waals surface area (Å²) in [4.78, 5) is 0. The van der Waals surface area contributed by atoms with Crippen LogP contribution in [0, 0.1) is 0 Å². The summed E-state index contributed by atoms with van der Waals surface area (Å²) in [6.07, 6.45) is -3.17. The van der Waals surface area contributed by atoms with E-state index in [2.05, 4.69) is 33.9 Å². The molecule has 2 N–H and O–H groups in total. The Balaban J connectivity index is 2.84. The summed E-state index contributed by atoms with van der Waals surface area (Å²) < 4.78 is 16.6. The van der Waals surface area contributed by atoms with Crippen LogP contribution in [0.2, 0.25) is 18.1 Å². The molecule has 1 aliphatic heterocycles. The third-order valence-corrected chi connectivity index (χ3v) is 8.37. The molecule has 108 valence electrons. The maximum absolute atomic E-state index is 10.1. The number of hydrogen-bond acceptors (Lipinski definition) is 5. The van der Waals surface area contributed by atoms with Gasteiger partial charge in [0.1, 0.15) is 18.3 Å². The highest BCUT2D eigenvalue weighted by Crippen LogP contribution is 2.38. The highest BCUT2D eigenvalue weighted by molar-refractivity contribution is 6.74. The molecule has 0 radical (unpaired) electrons. The first-order valence-corrected chi connectivity index (χ1v) is 9.19. The second kappa shape index (κ2) is 5.56. The van der Waals surface area contributed by atoms with Crippen LogP contribution < -0.4 is 0 Å². The lowest BCUT2D eigenvalue weighted by Crippen LogP contribution is -2.59. The lowest BCUT2D eigenvalue weighted by molar-refractivity contribution is -0.257. The predicted octanol–water partition coefficient (Wildman–Crippen LogP) is 1.10. The molecule has 0 spiro atoms. The fourth-order valence-electron chi connectivity index (χ4n) is 1.61. The molecule has 0 aromatic heterocycles. The number of rotatable bonds is 3. The monoisotopic (exact) mass is 278 g/mol. The van der Waals surface area contributed by atoms with Gasteiger partial charge >= 0.3 is 0 Å². The number of hydrogen-bond donors (Lipinski definition) is 2. The first-order valence-electron chi connectivity index (χ1n) is 6.28. The quantitative estimate of drug-likeness (QED) is 0.757. The number of aliphatic hydroxyl groups excluding tert-OH is 2. The Labute approximate surface area is 110 Å². The van der Waals surface area contributed by atoms with Gasteiger partial charge in [0.25, 0.3) is 0 Å². The van der Waals surface area contributed by atoms with Crippen LogP contribution in [0.1, 0.15) is 20.8 Å². The van der Waals surface area contributed by atoms with Crippen molar-refractivity contribution in [2.45, 2.75) is 63.5 Å². The molecule has 0 amide bonds. The van der Waals surface area contributed by atoms with Crippen LogP contribution >= 0.6 is 0 Å². The van der Waals surface area contributed by atoms with Gasteiger partial charge in [-0.1, -0.05) is 20.8 Å². The van der Waals surface area contributed by atoms with Gasteiger partial charge in [-0.15, -0.1) is 0 Å². The molecule has 6 heteroatoms. The SMILES string of the molecule is CO[C@@H]1OC[C@H](O)[C@H](O)[C@H]1O[Si](C)(C)C(C)(C)C. The van der Waals surface area contributed by atoms with Crippen LogP contribution in [0.15, 0.2) is 0 Å². The third-order valence-electron chi connectivity index (χ3n) is 3.90. The largest absolute Gasteiger partial charge is 0.406 e. The van der Waals surface area contributed by atoms with E-state index in [0.29, 0.717) is 0 Å². The van der Waals surface area contributed by atoms with Gasteiger partial charge in [-0.2, -0.15) is 0 Å². The zero-order chi connectivity index (χ0) is 14.1. The van der Waals surface area contributed by atoms with Crippen LogP contribution in [0.25, 0.3) is 0 Å². The molecule has 18 heavy (non-hydrogen) atoms. The van der Waals surface area contributed by atoms with E-state index < -0.39 is 32.9 Å². The van der Waals surface area contributed by atoms with E-state index in [4.69, 9.17) is 13.9 Å². The molecule has 0 aromatic carbocycles. The summed E-state index contributed by atoms with van der Waals surface area (Å²) in [5.74, 6) is 0. The van der Waals surface area contributed by atoms with Gasteiger partial charge in [0.15, 0.2) is 14.6 Å². The van der Waals surface area contributed by atoms with Gasteiger partial charge in [-0.25, -0.2) is 0 Å². The van der Waals surface area contributed by atoms with Crippen molar-refractivity contribution in [1.82, 2.24) is 0 Å². The average molecular weight is 278 g/mol. The molecule has 1 saturated heterocycles. The molecule has 1 aliphatic rings. The molecule has 0 bridgehead atoms. The van der Waals surface area contributed by atoms with Crippen molar-refractivity contribution in [3.63, 3.8) is 0 Å². The number of ether oxygens (including phenoxy) is 2. The van der Waals surface area contributed by atoms with Gasteiger partial charge in [-0.3, -0.25) is 0 Å². The number of methoxy groups -OCH3 is 1. The van der Waals surface area contributed by atoms with Crippen LogP contribution in [-0.2, 0) is 13.9 Å². The van der Waals surface area contributed by atoms with E-state index in [-0.39, 0.29) is 11.6 Å². The van der Waals surface area contributed by atoms with Crippen molar-refractivity contribution in [3.05, 3.63) is 0 Å². The van der Waals surface area contributed by atoms with Gasteiger partial charge in [-0.05, 0) is 18.1 Å². The minimum absolute atomic E-state index is 0.0212. The molecule has 0 saturated carbocycles. The molecular formula is C12H26O5Si. The van der Waals surface area contributed by atoms with Crippen molar-refractivity contribution in [3.8, 4) is 0 Å². The van der Waals surface area contributed by atoms with Crippen molar-refractivity contribution in [2.24, 2.45) is 0 Å². The minimum Gasteiger partial charge on any atom is -0.406 e. The molecular weight excluding hydrogens is 252 g/mol. The van der Waals surface area contributed by atoms with E-state index in [0.717, 1.165) is 0 Å². The standard InChI is InChI=1S/C12H26O5Si/c1-12(2,3)18(5,6)17-10-9(14)8(13)7-16-11(10)15-4/h8-11,13-14H,7H2,1-6H3/t8-,9-,10+,11+/m0/s1. The maximum atomic E-state index is 10.1. The first kappa shape index (κ1) is 16.1. The molecule has 1 fully saturated rings. The maximum Gasteiger partial charge on any atom is 0.192 e. The second-order valence-corrected chi connectivity index (χ2v) is 11.1. The van der Waals surface area contributed by atoms with Gasteiger partial charge < -0.3 is 24.1 Å². The molecule has 0 unspecified atom stereocenters. The summed E-state index contributed by atoms with van der Waals surface area (Å²) in [7, 11) is -0.542. The van der Waals surface area contributed by atoms with Gasteiger partial charge in [0.05, 0.1) is 6.61 Å². The Morgan fingerprint density at radius 1 is 1.22 bits per heavy atom. The van der Waals surface area contributed by atoms with Crippen molar-refractivity contribution >= 4 is 8.32 Å². The Kier molecular flexibility index (Phi) is 4.97. The first-order chi connectivity index (χ1) is 8.10.